The highest BCUT2D eigenvalue weighted by Crippen LogP contribution is 2.13. The summed E-state index contributed by atoms with van der Waals surface area (Å²) in [5, 5.41) is 0. The Morgan fingerprint density at radius 2 is 1.59 bits per heavy atom. The third-order valence-electron chi connectivity index (χ3n) is 3.48. The Balaban J connectivity index is 1.93. The molecule has 1 saturated heterocycles. The number of halogens is 1. The van der Waals surface area contributed by atoms with E-state index in [0.717, 1.165) is 43.5 Å². The zero-order valence-corrected chi connectivity index (χ0v) is 13.7. The first-order valence-corrected chi connectivity index (χ1v) is 10.1. The van der Waals surface area contributed by atoms with Crippen molar-refractivity contribution in [3.8, 4) is 0 Å². The predicted molar refractivity (Wildman–Crippen MR) is 80.8 cm³/mol. The Morgan fingerprint density at radius 1 is 1.00 bits per heavy atom. The molecule has 0 aliphatic carbocycles. The topological polar surface area (TPSA) is 83.5 Å². The van der Waals surface area contributed by atoms with E-state index in [4.69, 9.17) is 0 Å². The highest BCUT2D eigenvalue weighted by molar-refractivity contribution is 7.90. The summed E-state index contributed by atoms with van der Waals surface area (Å²) in [6.07, 6.45) is 2.68. The Hall–Kier alpha value is -1.03. The first-order valence-electron chi connectivity index (χ1n) is 7.04. The SMILES string of the molecule is O=S(=O)(NCCS(=O)(=O)N1CCCCC1)c1ccc(F)cc1. The van der Waals surface area contributed by atoms with Gasteiger partial charge < -0.3 is 0 Å². The predicted octanol–water partition coefficient (Wildman–Crippen LogP) is 0.920. The Kier molecular flexibility index (Phi) is 5.54. The lowest BCUT2D eigenvalue weighted by Gasteiger charge is -2.25. The summed E-state index contributed by atoms with van der Waals surface area (Å²) in [5.74, 6) is -0.820. The van der Waals surface area contributed by atoms with E-state index in [2.05, 4.69) is 4.72 Å². The van der Waals surface area contributed by atoms with E-state index in [1.54, 1.807) is 0 Å². The zero-order chi connectivity index (χ0) is 16.2. The first kappa shape index (κ1) is 17.3. The van der Waals surface area contributed by atoms with Crippen molar-refractivity contribution in [1.29, 1.82) is 0 Å². The van der Waals surface area contributed by atoms with Crippen LogP contribution in [0.4, 0.5) is 4.39 Å². The lowest BCUT2D eigenvalue weighted by Crippen LogP contribution is -2.40. The molecule has 0 unspecified atom stereocenters. The van der Waals surface area contributed by atoms with Crippen molar-refractivity contribution in [1.82, 2.24) is 9.03 Å². The molecule has 1 fully saturated rings. The second-order valence-corrected chi connectivity index (χ2v) is 8.98. The number of hydrogen-bond donors (Lipinski definition) is 1. The Bertz CT molecular complexity index is 696. The van der Waals surface area contributed by atoms with Crippen LogP contribution in [0.3, 0.4) is 0 Å². The van der Waals surface area contributed by atoms with Crippen LogP contribution in [0.1, 0.15) is 19.3 Å². The van der Waals surface area contributed by atoms with Crippen molar-refractivity contribution in [2.45, 2.75) is 24.2 Å². The third-order valence-corrected chi connectivity index (χ3v) is 6.83. The number of piperidine rings is 1. The lowest BCUT2D eigenvalue weighted by molar-refractivity contribution is 0.346. The molecule has 0 atom stereocenters. The van der Waals surface area contributed by atoms with Crippen LogP contribution in [-0.2, 0) is 20.0 Å². The molecule has 6 nitrogen and oxygen atoms in total. The smallest absolute Gasteiger partial charge is 0.212 e. The molecule has 124 valence electrons. The minimum atomic E-state index is -3.83. The summed E-state index contributed by atoms with van der Waals surface area (Å²) in [4.78, 5) is -0.0933. The molecule has 22 heavy (non-hydrogen) atoms. The summed E-state index contributed by atoms with van der Waals surface area (Å²) in [5.41, 5.74) is 0. The number of nitrogens with zero attached hydrogens (tertiary/aromatic N) is 1. The molecule has 1 aromatic carbocycles. The molecule has 0 aromatic heterocycles. The van der Waals surface area contributed by atoms with Crippen LogP contribution < -0.4 is 4.72 Å². The van der Waals surface area contributed by atoms with E-state index >= 15 is 0 Å². The van der Waals surface area contributed by atoms with Gasteiger partial charge in [0.15, 0.2) is 0 Å². The monoisotopic (exact) mass is 350 g/mol. The molecule has 0 spiro atoms. The van der Waals surface area contributed by atoms with Crippen LogP contribution in [0.2, 0.25) is 0 Å². The fourth-order valence-electron chi connectivity index (χ4n) is 2.27. The standard InChI is InChI=1S/C13H19FN2O4S2/c14-12-4-6-13(7-5-12)22(19,20)15-8-11-21(17,18)16-9-2-1-3-10-16/h4-7,15H,1-3,8-11H2. The fraction of sp³-hybridized carbons (Fsp3) is 0.538. The molecule has 2 rings (SSSR count). The normalized spacial score (nSPS) is 17.5. The van der Waals surface area contributed by atoms with Gasteiger partial charge >= 0.3 is 0 Å². The summed E-state index contributed by atoms with van der Waals surface area (Å²) < 4.78 is 64.5. The number of sulfonamides is 2. The number of rotatable bonds is 6. The van der Waals surface area contributed by atoms with E-state index in [1.807, 2.05) is 0 Å². The lowest BCUT2D eigenvalue weighted by atomic mass is 10.2. The number of benzene rings is 1. The zero-order valence-electron chi connectivity index (χ0n) is 12.0. The van der Waals surface area contributed by atoms with Gasteiger partial charge in [0, 0.05) is 19.6 Å². The van der Waals surface area contributed by atoms with Gasteiger partial charge in [-0.1, -0.05) is 6.42 Å². The van der Waals surface area contributed by atoms with Crippen molar-refractivity contribution in [2.75, 3.05) is 25.4 Å². The molecule has 1 heterocycles. The van der Waals surface area contributed by atoms with Crippen LogP contribution in [0.25, 0.3) is 0 Å². The molecular formula is C13H19FN2O4S2. The largest absolute Gasteiger partial charge is 0.240 e. The van der Waals surface area contributed by atoms with Gasteiger partial charge in [-0.3, -0.25) is 0 Å². The Labute approximate surface area is 130 Å². The minimum absolute atomic E-state index is 0.0933. The van der Waals surface area contributed by atoms with Gasteiger partial charge in [0.25, 0.3) is 0 Å². The van der Waals surface area contributed by atoms with Crippen LogP contribution in [0.5, 0.6) is 0 Å². The van der Waals surface area contributed by atoms with Gasteiger partial charge in [-0.25, -0.2) is 30.3 Å². The Morgan fingerprint density at radius 3 is 2.18 bits per heavy atom. The number of nitrogens with one attached hydrogen (secondary N) is 1. The summed E-state index contributed by atoms with van der Waals surface area (Å²) in [7, 11) is -7.28. The average molecular weight is 350 g/mol. The van der Waals surface area contributed by atoms with E-state index in [9.17, 15) is 21.2 Å². The minimum Gasteiger partial charge on any atom is -0.212 e. The van der Waals surface area contributed by atoms with E-state index in [-0.39, 0.29) is 17.2 Å². The summed E-state index contributed by atoms with van der Waals surface area (Å²) in [6.45, 7) is 0.776. The van der Waals surface area contributed by atoms with Crippen molar-refractivity contribution in [3.63, 3.8) is 0 Å². The van der Waals surface area contributed by atoms with Crippen LogP contribution in [0.15, 0.2) is 29.2 Å². The van der Waals surface area contributed by atoms with Gasteiger partial charge in [0.2, 0.25) is 20.0 Å². The second-order valence-electron chi connectivity index (χ2n) is 5.13. The van der Waals surface area contributed by atoms with Crippen molar-refractivity contribution in [3.05, 3.63) is 30.1 Å². The molecule has 1 aromatic rings. The van der Waals surface area contributed by atoms with E-state index in [1.165, 1.54) is 4.31 Å². The maximum absolute atomic E-state index is 12.8. The third kappa shape index (κ3) is 4.48. The highest BCUT2D eigenvalue weighted by Gasteiger charge is 2.24. The van der Waals surface area contributed by atoms with Crippen molar-refractivity contribution >= 4 is 20.0 Å². The molecule has 0 saturated carbocycles. The van der Waals surface area contributed by atoms with Crippen LogP contribution in [-0.4, -0.2) is 46.5 Å². The molecule has 1 aliphatic rings. The maximum Gasteiger partial charge on any atom is 0.240 e. The quantitative estimate of drug-likeness (QED) is 0.827. The summed E-state index contributed by atoms with van der Waals surface area (Å²) in [6, 6.07) is 4.35. The van der Waals surface area contributed by atoms with Crippen molar-refractivity contribution < 1.29 is 21.2 Å². The van der Waals surface area contributed by atoms with Crippen LogP contribution in [0, 0.1) is 5.82 Å². The van der Waals surface area contributed by atoms with E-state index < -0.39 is 25.9 Å². The molecule has 0 radical (unpaired) electrons. The molecule has 0 amide bonds. The van der Waals surface area contributed by atoms with E-state index in [0.29, 0.717) is 13.1 Å². The van der Waals surface area contributed by atoms with Gasteiger partial charge in [-0.15, -0.1) is 0 Å². The molecule has 0 bridgehead atoms. The van der Waals surface area contributed by atoms with Gasteiger partial charge in [0.05, 0.1) is 10.6 Å². The molecule has 9 heteroatoms. The maximum atomic E-state index is 12.8. The summed E-state index contributed by atoms with van der Waals surface area (Å²) >= 11 is 0. The average Bonchev–Trinajstić information content (AvgIpc) is 2.48. The highest BCUT2D eigenvalue weighted by atomic mass is 32.2. The molecule has 1 N–H and O–H groups in total. The second kappa shape index (κ2) is 7.03. The van der Waals surface area contributed by atoms with Gasteiger partial charge in [-0.2, -0.15) is 0 Å². The fourth-order valence-corrected chi connectivity index (χ4v) is 4.87. The van der Waals surface area contributed by atoms with Crippen molar-refractivity contribution in [2.24, 2.45) is 0 Å². The van der Waals surface area contributed by atoms with Gasteiger partial charge in [0.1, 0.15) is 5.82 Å². The first-order chi connectivity index (χ1) is 10.3. The number of hydrogen-bond acceptors (Lipinski definition) is 4. The van der Waals surface area contributed by atoms with Gasteiger partial charge in [-0.05, 0) is 37.1 Å². The van der Waals surface area contributed by atoms with Crippen LogP contribution >= 0.6 is 0 Å². The molecule has 1 aliphatic heterocycles. The molecular weight excluding hydrogens is 331 g/mol.